The van der Waals surface area contributed by atoms with Crippen LogP contribution in [0, 0.1) is 4.91 Å². The number of ether oxygens (including phenoxy) is 1. The summed E-state index contributed by atoms with van der Waals surface area (Å²) < 4.78 is 6.32. The number of aliphatic hydroxyl groups is 3. The zero-order valence-electron chi connectivity index (χ0n) is 11.8. The van der Waals surface area contributed by atoms with Crippen LogP contribution in [0.4, 0.5) is 11.5 Å². The molecule has 0 saturated carbocycles. The number of hydrogen-bond donors (Lipinski definition) is 4. The molecule has 1 aliphatic rings. The average Bonchev–Trinajstić information content (AvgIpc) is 2.51. The maximum atomic E-state index is 12.0. The Balaban J connectivity index is 2.35. The third-order valence-electron chi connectivity index (χ3n) is 3.28. The second kappa shape index (κ2) is 6.71. The fourth-order valence-electron chi connectivity index (χ4n) is 2.00. The largest absolute Gasteiger partial charge is 0.388 e. The lowest BCUT2D eigenvalue weighted by molar-refractivity contribution is -0.178. The van der Waals surface area contributed by atoms with Crippen LogP contribution in [-0.4, -0.2) is 62.3 Å². The normalized spacial score (nSPS) is 28.4. The molecule has 2 rings (SSSR count). The molecular formula is C11H16N4O6S. The fourth-order valence-corrected chi connectivity index (χ4v) is 2.54. The third-order valence-corrected chi connectivity index (χ3v) is 4.01. The summed E-state index contributed by atoms with van der Waals surface area (Å²) in [7, 11) is 1.45. The molecule has 0 radical (unpaired) electrons. The molecule has 0 spiro atoms. The van der Waals surface area contributed by atoms with E-state index in [1.54, 1.807) is 6.26 Å². The number of nitrogens with one attached hydrogen (secondary N) is 1. The first-order chi connectivity index (χ1) is 10.4. The van der Waals surface area contributed by atoms with Crippen molar-refractivity contribution in [3.8, 4) is 0 Å². The molecule has 0 amide bonds. The van der Waals surface area contributed by atoms with Crippen LogP contribution in [0.15, 0.2) is 15.1 Å². The molecule has 4 N–H and O–H groups in total. The van der Waals surface area contributed by atoms with E-state index in [4.69, 9.17) is 4.74 Å². The first-order valence-electron chi connectivity index (χ1n) is 6.31. The summed E-state index contributed by atoms with van der Waals surface area (Å²) >= 11 is 1.18. The van der Waals surface area contributed by atoms with E-state index in [1.807, 2.05) is 0 Å². The van der Waals surface area contributed by atoms with Crippen LogP contribution in [0.25, 0.3) is 0 Å². The van der Waals surface area contributed by atoms with Crippen molar-refractivity contribution in [2.45, 2.75) is 29.7 Å². The minimum absolute atomic E-state index is 0.157. The maximum absolute atomic E-state index is 12.0. The zero-order chi connectivity index (χ0) is 16.4. The van der Waals surface area contributed by atoms with Gasteiger partial charge < -0.3 is 25.4 Å². The molecule has 2 heterocycles. The Bertz CT molecular complexity index is 623. The van der Waals surface area contributed by atoms with Crippen LogP contribution in [-0.2, 0) is 11.8 Å². The van der Waals surface area contributed by atoms with Gasteiger partial charge in [-0.05, 0) is 11.4 Å². The monoisotopic (exact) mass is 332 g/mol. The van der Waals surface area contributed by atoms with Crippen molar-refractivity contribution < 1.29 is 20.1 Å². The highest BCUT2D eigenvalue weighted by atomic mass is 32.2. The molecule has 11 heteroatoms. The predicted octanol–water partition coefficient (Wildman–Crippen LogP) is -1.25. The molecular weight excluding hydrogens is 316 g/mol. The first kappa shape index (κ1) is 16.8. The van der Waals surface area contributed by atoms with Crippen molar-refractivity contribution in [1.82, 2.24) is 9.55 Å². The summed E-state index contributed by atoms with van der Waals surface area (Å²) in [6.07, 6.45) is -3.56. The molecule has 122 valence electrons. The number of aromatic nitrogens is 2. The van der Waals surface area contributed by atoms with E-state index in [9.17, 15) is 25.0 Å². The van der Waals surface area contributed by atoms with E-state index in [0.29, 0.717) is 5.16 Å². The molecule has 1 aromatic rings. The Hall–Kier alpha value is -1.53. The fraction of sp³-hybridized carbons (Fsp3) is 0.636. The minimum atomic E-state index is -1.47. The van der Waals surface area contributed by atoms with Gasteiger partial charge in [-0.15, -0.1) is 4.91 Å². The van der Waals surface area contributed by atoms with Gasteiger partial charge in [0.15, 0.2) is 17.2 Å². The summed E-state index contributed by atoms with van der Waals surface area (Å²) in [5.41, 5.74) is -1.11. The predicted molar refractivity (Wildman–Crippen MR) is 78.1 cm³/mol. The molecule has 0 bridgehead atoms. The molecule has 0 aliphatic carbocycles. The number of nitrogens with zero attached hydrogens (tertiary/aromatic N) is 3. The average molecular weight is 332 g/mol. The van der Waals surface area contributed by atoms with Crippen molar-refractivity contribution in [2.75, 3.05) is 18.2 Å². The van der Waals surface area contributed by atoms with Crippen molar-refractivity contribution >= 4 is 23.3 Å². The number of anilines is 1. The van der Waals surface area contributed by atoms with E-state index >= 15 is 0 Å². The van der Waals surface area contributed by atoms with Gasteiger partial charge in [0.1, 0.15) is 18.3 Å². The van der Waals surface area contributed by atoms with Crippen LogP contribution >= 0.6 is 11.8 Å². The summed E-state index contributed by atoms with van der Waals surface area (Å²) in [6.45, 7) is -0.222. The van der Waals surface area contributed by atoms with Gasteiger partial charge in [0, 0.05) is 7.05 Å². The third kappa shape index (κ3) is 2.98. The van der Waals surface area contributed by atoms with E-state index in [2.05, 4.69) is 15.5 Å². The Labute approximate surface area is 129 Å². The van der Waals surface area contributed by atoms with Gasteiger partial charge in [-0.2, -0.15) is 0 Å². The number of rotatable bonds is 4. The van der Waals surface area contributed by atoms with Crippen LogP contribution < -0.4 is 10.9 Å². The molecule has 10 nitrogen and oxygen atoms in total. The molecule has 1 aromatic heterocycles. The molecule has 1 unspecified atom stereocenters. The van der Waals surface area contributed by atoms with Crippen molar-refractivity contribution in [1.29, 1.82) is 0 Å². The quantitative estimate of drug-likeness (QED) is 0.302. The van der Waals surface area contributed by atoms with Crippen molar-refractivity contribution in [3.63, 3.8) is 0 Å². The number of hydrogen-bond acceptors (Lipinski definition) is 10. The molecule has 0 aromatic carbocycles. The summed E-state index contributed by atoms with van der Waals surface area (Å²) in [5.74, 6) is -0.157. The molecule has 1 aliphatic heterocycles. The molecule has 1 fully saturated rings. The Kier molecular flexibility index (Phi) is 5.13. The highest BCUT2D eigenvalue weighted by molar-refractivity contribution is 7.98. The number of aliphatic hydroxyl groups excluding tert-OH is 3. The zero-order valence-corrected chi connectivity index (χ0v) is 12.6. The highest BCUT2D eigenvalue weighted by Gasteiger charge is 2.38. The molecule has 1 saturated heterocycles. The summed E-state index contributed by atoms with van der Waals surface area (Å²) in [6, 6.07) is 0. The lowest BCUT2D eigenvalue weighted by Gasteiger charge is -2.35. The Morgan fingerprint density at radius 1 is 1.41 bits per heavy atom. The first-order valence-corrected chi connectivity index (χ1v) is 7.53. The maximum Gasteiger partial charge on any atom is 0.285 e. The van der Waals surface area contributed by atoms with Gasteiger partial charge >= 0.3 is 0 Å². The number of nitroso groups, excluding NO2 is 1. The van der Waals surface area contributed by atoms with Gasteiger partial charge in [-0.25, -0.2) is 4.98 Å². The SMILES string of the molecule is CSc1nc(NC2OC[C@@H](O)[C@H](O)[C@H]2O)c(N=O)c(=O)n1C. The smallest absolute Gasteiger partial charge is 0.285 e. The lowest BCUT2D eigenvalue weighted by Crippen LogP contribution is -2.55. The van der Waals surface area contributed by atoms with Crippen LogP contribution in [0.5, 0.6) is 0 Å². The van der Waals surface area contributed by atoms with Gasteiger partial charge in [0.05, 0.1) is 6.61 Å². The second-order valence-electron chi connectivity index (χ2n) is 4.70. The Morgan fingerprint density at radius 3 is 2.68 bits per heavy atom. The minimum Gasteiger partial charge on any atom is -0.388 e. The van der Waals surface area contributed by atoms with E-state index in [-0.39, 0.29) is 12.4 Å². The van der Waals surface area contributed by atoms with E-state index in [1.165, 1.54) is 23.4 Å². The Morgan fingerprint density at radius 2 is 2.09 bits per heavy atom. The van der Waals surface area contributed by atoms with Gasteiger partial charge in [-0.1, -0.05) is 11.8 Å². The topological polar surface area (TPSA) is 146 Å². The van der Waals surface area contributed by atoms with Gasteiger partial charge in [0.2, 0.25) is 5.69 Å². The molecule has 4 atom stereocenters. The van der Waals surface area contributed by atoms with Crippen molar-refractivity contribution in [2.24, 2.45) is 12.2 Å². The van der Waals surface area contributed by atoms with E-state index in [0.717, 1.165) is 0 Å². The van der Waals surface area contributed by atoms with Crippen LogP contribution in [0.2, 0.25) is 0 Å². The van der Waals surface area contributed by atoms with Crippen molar-refractivity contribution in [3.05, 3.63) is 15.3 Å². The lowest BCUT2D eigenvalue weighted by atomic mass is 10.0. The second-order valence-corrected chi connectivity index (χ2v) is 5.47. The van der Waals surface area contributed by atoms with Crippen LogP contribution in [0.1, 0.15) is 0 Å². The summed E-state index contributed by atoms with van der Waals surface area (Å²) in [4.78, 5) is 27.0. The number of thioether (sulfide) groups is 1. The molecule has 22 heavy (non-hydrogen) atoms. The van der Waals surface area contributed by atoms with Crippen LogP contribution in [0.3, 0.4) is 0 Å². The highest BCUT2D eigenvalue weighted by Crippen LogP contribution is 2.24. The van der Waals surface area contributed by atoms with Gasteiger partial charge in [0.25, 0.3) is 5.56 Å². The summed E-state index contributed by atoms with van der Waals surface area (Å²) in [5, 5.41) is 34.4. The van der Waals surface area contributed by atoms with E-state index < -0.39 is 35.8 Å². The standard InChI is InChI=1S/C11H16N4O6S/c1-15-10(19)5(14-20)8(13-11(15)22-2)12-9-7(18)6(17)4(16)3-21-9/h4,6-7,9,12,16-18H,3H2,1-2H3/t4-,6+,7-,9?/m1/s1. The van der Waals surface area contributed by atoms with Gasteiger partial charge in [-0.3, -0.25) is 9.36 Å².